The Bertz CT molecular complexity index is 1010. The van der Waals surface area contributed by atoms with Crippen molar-refractivity contribution in [3.8, 4) is 0 Å². The highest BCUT2D eigenvalue weighted by atomic mass is 16.2. The van der Waals surface area contributed by atoms with Gasteiger partial charge in [0.2, 0.25) is 0 Å². The van der Waals surface area contributed by atoms with Crippen molar-refractivity contribution in [1.29, 1.82) is 0 Å². The standard InChI is InChI=1S/C18H17N5O2/c1-3-23-18(25)14-9-5-4-8-13(14)16(22-23)17(24)21-20-12(2)15-10-6-7-11-19-15/h4-11H,3H2,1-2H3,(H,21,24)/b20-12+. The van der Waals surface area contributed by atoms with Crippen LogP contribution in [0.15, 0.2) is 58.6 Å². The lowest BCUT2D eigenvalue weighted by Gasteiger charge is -2.08. The van der Waals surface area contributed by atoms with Crippen molar-refractivity contribution in [2.45, 2.75) is 20.4 Å². The maximum atomic E-state index is 12.6. The first-order valence-electron chi connectivity index (χ1n) is 7.87. The fourth-order valence-electron chi connectivity index (χ4n) is 2.44. The summed E-state index contributed by atoms with van der Waals surface area (Å²) < 4.78 is 1.27. The van der Waals surface area contributed by atoms with Crippen molar-refractivity contribution in [2.75, 3.05) is 0 Å². The Morgan fingerprint density at radius 3 is 2.56 bits per heavy atom. The van der Waals surface area contributed by atoms with Gasteiger partial charge in [-0.15, -0.1) is 0 Å². The molecule has 2 heterocycles. The number of amides is 1. The number of carbonyl (C=O) groups is 1. The summed E-state index contributed by atoms with van der Waals surface area (Å²) in [5, 5.41) is 9.21. The summed E-state index contributed by atoms with van der Waals surface area (Å²) >= 11 is 0. The molecule has 0 bridgehead atoms. The molecule has 0 saturated carbocycles. The zero-order chi connectivity index (χ0) is 17.8. The van der Waals surface area contributed by atoms with Gasteiger partial charge < -0.3 is 0 Å². The van der Waals surface area contributed by atoms with Gasteiger partial charge >= 0.3 is 0 Å². The number of carbonyl (C=O) groups excluding carboxylic acids is 1. The van der Waals surface area contributed by atoms with E-state index in [1.54, 1.807) is 56.4 Å². The third-order valence-corrected chi connectivity index (χ3v) is 3.74. The molecule has 3 rings (SSSR count). The van der Waals surface area contributed by atoms with Crippen LogP contribution in [0.2, 0.25) is 0 Å². The fourth-order valence-corrected chi connectivity index (χ4v) is 2.44. The summed E-state index contributed by atoms with van der Waals surface area (Å²) in [6.45, 7) is 3.93. The Morgan fingerprint density at radius 1 is 1.16 bits per heavy atom. The molecular formula is C18H17N5O2. The van der Waals surface area contributed by atoms with E-state index in [1.807, 2.05) is 6.07 Å². The summed E-state index contributed by atoms with van der Waals surface area (Å²) in [5.41, 5.74) is 3.67. The van der Waals surface area contributed by atoms with Gasteiger partial charge in [0.05, 0.1) is 16.8 Å². The van der Waals surface area contributed by atoms with E-state index >= 15 is 0 Å². The maximum Gasteiger partial charge on any atom is 0.292 e. The molecule has 3 aromatic rings. The van der Waals surface area contributed by atoms with E-state index in [9.17, 15) is 9.59 Å². The number of rotatable bonds is 4. The lowest BCUT2D eigenvalue weighted by atomic mass is 10.1. The van der Waals surface area contributed by atoms with Crippen LogP contribution < -0.4 is 11.0 Å². The Hall–Kier alpha value is -3.35. The Balaban J connectivity index is 1.98. The monoisotopic (exact) mass is 335 g/mol. The first-order chi connectivity index (χ1) is 12.1. The second kappa shape index (κ2) is 7.04. The summed E-state index contributed by atoms with van der Waals surface area (Å²) in [6.07, 6.45) is 1.66. The lowest BCUT2D eigenvalue weighted by molar-refractivity contribution is 0.0949. The minimum Gasteiger partial charge on any atom is -0.267 e. The summed E-state index contributed by atoms with van der Waals surface area (Å²) in [4.78, 5) is 29.1. The third kappa shape index (κ3) is 3.30. The van der Waals surface area contributed by atoms with Crippen LogP contribution in [0.25, 0.3) is 10.8 Å². The summed E-state index contributed by atoms with van der Waals surface area (Å²) in [6, 6.07) is 12.4. The van der Waals surface area contributed by atoms with Gasteiger partial charge in [-0.3, -0.25) is 14.6 Å². The zero-order valence-electron chi connectivity index (χ0n) is 13.9. The fraction of sp³-hybridized carbons (Fsp3) is 0.167. The number of hydrogen-bond acceptors (Lipinski definition) is 5. The first-order valence-corrected chi connectivity index (χ1v) is 7.87. The number of aromatic nitrogens is 3. The van der Waals surface area contributed by atoms with Gasteiger partial charge in [0, 0.05) is 18.1 Å². The Kier molecular flexibility index (Phi) is 4.65. The van der Waals surface area contributed by atoms with Gasteiger partial charge in [-0.1, -0.05) is 24.3 Å². The number of hydrogen-bond donors (Lipinski definition) is 1. The Labute approximate surface area is 144 Å². The first kappa shape index (κ1) is 16.5. The highest BCUT2D eigenvalue weighted by molar-refractivity contribution is 6.05. The van der Waals surface area contributed by atoms with E-state index in [1.165, 1.54) is 4.68 Å². The van der Waals surface area contributed by atoms with E-state index in [4.69, 9.17) is 0 Å². The van der Waals surface area contributed by atoms with Crippen LogP contribution in [-0.2, 0) is 6.54 Å². The molecule has 25 heavy (non-hydrogen) atoms. The molecule has 0 saturated heterocycles. The molecule has 0 radical (unpaired) electrons. The van der Waals surface area contributed by atoms with Crippen LogP contribution >= 0.6 is 0 Å². The normalized spacial score (nSPS) is 11.5. The molecule has 2 aromatic heterocycles. The van der Waals surface area contributed by atoms with Crippen molar-refractivity contribution in [3.63, 3.8) is 0 Å². The van der Waals surface area contributed by atoms with Crippen molar-refractivity contribution in [3.05, 3.63) is 70.4 Å². The van der Waals surface area contributed by atoms with Gasteiger partial charge in [0.25, 0.3) is 11.5 Å². The second-order valence-electron chi connectivity index (χ2n) is 5.37. The molecular weight excluding hydrogens is 318 g/mol. The van der Waals surface area contributed by atoms with Crippen LogP contribution in [0.4, 0.5) is 0 Å². The molecule has 0 atom stereocenters. The number of fused-ring (bicyclic) bond motifs is 1. The third-order valence-electron chi connectivity index (χ3n) is 3.74. The van der Waals surface area contributed by atoms with Crippen molar-refractivity contribution < 1.29 is 4.79 Å². The van der Waals surface area contributed by atoms with E-state index in [-0.39, 0.29) is 11.3 Å². The van der Waals surface area contributed by atoms with E-state index in [0.29, 0.717) is 28.7 Å². The average Bonchev–Trinajstić information content (AvgIpc) is 2.67. The number of aryl methyl sites for hydroxylation is 1. The van der Waals surface area contributed by atoms with Gasteiger partial charge in [-0.05, 0) is 32.0 Å². The predicted octanol–water partition coefficient (Wildman–Crippen LogP) is 1.97. The molecule has 7 nitrogen and oxygen atoms in total. The zero-order valence-corrected chi connectivity index (χ0v) is 13.9. The highest BCUT2D eigenvalue weighted by Crippen LogP contribution is 2.13. The average molecular weight is 335 g/mol. The van der Waals surface area contributed by atoms with Gasteiger partial charge in [0.15, 0.2) is 5.69 Å². The van der Waals surface area contributed by atoms with Crippen LogP contribution in [-0.4, -0.2) is 26.4 Å². The maximum absolute atomic E-state index is 12.6. The SMILES string of the molecule is CCn1nc(C(=O)N/N=C(\C)c2ccccn2)c2ccccc2c1=O. The molecule has 0 spiro atoms. The number of nitrogens with one attached hydrogen (secondary N) is 1. The largest absolute Gasteiger partial charge is 0.292 e. The number of hydrazone groups is 1. The van der Waals surface area contributed by atoms with Crippen LogP contribution in [0.3, 0.4) is 0 Å². The van der Waals surface area contributed by atoms with Gasteiger partial charge in [-0.25, -0.2) is 10.1 Å². The van der Waals surface area contributed by atoms with Gasteiger partial charge in [0.1, 0.15) is 0 Å². The number of pyridine rings is 1. The lowest BCUT2D eigenvalue weighted by Crippen LogP contribution is -2.29. The minimum atomic E-state index is -0.478. The van der Waals surface area contributed by atoms with E-state index < -0.39 is 5.91 Å². The molecule has 0 fully saturated rings. The smallest absolute Gasteiger partial charge is 0.267 e. The number of benzene rings is 1. The molecule has 0 aliphatic carbocycles. The molecule has 1 aromatic carbocycles. The van der Waals surface area contributed by atoms with E-state index in [0.717, 1.165) is 0 Å². The molecule has 0 aliphatic rings. The highest BCUT2D eigenvalue weighted by Gasteiger charge is 2.16. The van der Waals surface area contributed by atoms with Crippen LogP contribution in [0.1, 0.15) is 30.0 Å². The Morgan fingerprint density at radius 2 is 1.88 bits per heavy atom. The van der Waals surface area contributed by atoms with Gasteiger partial charge in [-0.2, -0.15) is 10.2 Å². The van der Waals surface area contributed by atoms with Crippen molar-refractivity contribution in [1.82, 2.24) is 20.2 Å². The molecule has 7 heteroatoms. The molecule has 0 aliphatic heterocycles. The quantitative estimate of drug-likeness (QED) is 0.583. The molecule has 0 unspecified atom stereocenters. The predicted molar refractivity (Wildman–Crippen MR) is 95.6 cm³/mol. The summed E-state index contributed by atoms with van der Waals surface area (Å²) in [5.74, 6) is -0.478. The van der Waals surface area contributed by atoms with Crippen molar-refractivity contribution >= 4 is 22.4 Å². The molecule has 126 valence electrons. The second-order valence-corrected chi connectivity index (χ2v) is 5.37. The topological polar surface area (TPSA) is 89.2 Å². The van der Waals surface area contributed by atoms with E-state index in [2.05, 4.69) is 20.6 Å². The van der Waals surface area contributed by atoms with Crippen molar-refractivity contribution in [2.24, 2.45) is 5.10 Å². The number of nitrogens with zero attached hydrogens (tertiary/aromatic N) is 4. The molecule has 1 amide bonds. The minimum absolute atomic E-state index is 0.162. The summed E-state index contributed by atoms with van der Waals surface area (Å²) in [7, 11) is 0. The van der Waals surface area contributed by atoms with Crippen LogP contribution in [0, 0.1) is 0 Å². The van der Waals surface area contributed by atoms with Crippen LogP contribution in [0.5, 0.6) is 0 Å². The molecule has 1 N–H and O–H groups in total.